The van der Waals surface area contributed by atoms with Gasteiger partial charge in [-0.05, 0) is 24.3 Å². The van der Waals surface area contributed by atoms with Crippen LogP contribution in [0.2, 0.25) is 0 Å². The van der Waals surface area contributed by atoms with Crippen molar-refractivity contribution >= 4 is 5.78 Å². The maximum absolute atomic E-state index is 12.5. The fraction of sp³-hybridized carbons (Fsp3) is 0.500. The lowest BCUT2D eigenvalue weighted by Crippen LogP contribution is -2.51. The maximum Gasteiger partial charge on any atom is 0.178 e. The molecule has 0 bridgehead atoms. The molecule has 0 amide bonds. The van der Waals surface area contributed by atoms with Gasteiger partial charge in [-0.1, -0.05) is 26.8 Å². The molecule has 2 aliphatic carbocycles. The molecule has 2 unspecified atom stereocenters. The van der Waals surface area contributed by atoms with Gasteiger partial charge in [0.1, 0.15) is 12.4 Å². The van der Waals surface area contributed by atoms with Gasteiger partial charge in [-0.25, -0.2) is 9.97 Å². The lowest BCUT2D eigenvalue weighted by Gasteiger charge is -2.50. The van der Waals surface area contributed by atoms with Gasteiger partial charge in [0.2, 0.25) is 0 Å². The minimum Gasteiger partial charge on any atom is -0.293 e. The number of Topliss-reactive ketones (excluding diaryl/α,β-unsaturated/α-hetero) is 1. The van der Waals surface area contributed by atoms with Crippen LogP contribution in [0.25, 0.3) is 0 Å². The number of hydrogen-bond acceptors (Lipinski definition) is 4. The van der Waals surface area contributed by atoms with Crippen LogP contribution in [-0.2, 0) is 16.6 Å². The SMILES string of the molecule is CC1(C)C(=O)C(C#N)=CC2(C)c3ncncc3CCC12. The van der Waals surface area contributed by atoms with Crippen molar-refractivity contribution in [3.05, 3.63) is 35.4 Å². The van der Waals surface area contributed by atoms with E-state index in [4.69, 9.17) is 0 Å². The number of carbonyl (C=O) groups excluding carboxylic acids is 1. The number of rotatable bonds is 0. The first-order chi connectivity index (χ1) is 9.41. The summed E-state index contributed by atoms with van der Waals surface area (Å²) in [5.74, 6) is 0.127. The molecular weight excluding hydrogens is 250 g/mol. The van der Waals surface area contributed by atoms with E-state index in [9.17, 15) is 10.1 Å². The molecule has 0 radical (unpaired) electrons. The topological polar surface area (TPSA) is 66.6 Å². The molecule has 4 nitrogen and oxygen atoms in total. The Morgan fingerprint density at radius 3 is 2.85 bits per heavy atom. The average molecular weight is 267 g/mol. The van der Waals surface area contributed by atoms with Crippen molar-refractivity contribution in [2.45, 2.75) is 39.0 Å². The molecule has 0 N–H and O–H groups in total. The number of allylic oxidation sites excluding steroid dienone is 2. The van der Waals surface area contributed by atoms with Gasteiger partial charge in [-0.3, -0.25) is 4.79 Å². The first kappa shape index (κ1) is 13.0. The first-order valence-electron chi connectivity index (χ1n) is 6.88. The Balaban J connectivity index is 2.28. The van der Waals surface area contributed by atoms with Crippen molar-refractivity contribution in [3.8, 4) is 6.07 Å². The molecule has 0 spiro atoms. The van der Waals surface area contributed by atoms with Crippen LogP contribution in [0, 0.1) is 22.7 Å². The van der Waals surface area contributed by atoms with E-state index in [1.807, 2.05) is 26.1 Å². The molecule has 1 aromatic heterocycles. The van der Waals surface area contributed by atoms with Gasteiger partial charge in [0.15, 0.2) is 5.78 Å². The van der Waals surface area contributed by atoms with Gasteiger partial charge in [-0.15, -0.1) is 0 Å². The van der Waals surface area contributed by atoms with Crippen LogP contribution in [0.4, 0.5) is 0 Å². The fourth-order valence-electron chi connectivity index (χ4n) is 4.02. The molecule has 102 valence electrons. The summed E-state index contributed by atoms with van der Waals surface area (Å²) >= 11 is 0. The van der Waals surface area contributed by atoms with Crippen LogP contribution in [-0.4, -0.2) is 15.8 Å². The van der Waals surface area contributed by atoms with Crippen LogP contribution < -0.4 is 0 Å². The number of carbonyl (C=O) groups is 1. The van der Waals surface area contributed by atoms with Gasteiger partial charge < -0.3 is 0 Å². The molecule has 1 aromatic rings. The number of nitriles is 1. The third kappa shape index (κ3) is 1.49. The van der Waals surface area contributed by atoms with Crippen LogP contribution in [0.5, 0.6) is 0 Å². The molecule has 0 saturated carbocycles. The maximum atomic E-state index is 12.5. The number of hydrogen-bond donors (Lipinski definition) is 0. The van der Waals surface area contributed by atoms with Crippen LogP contribution in [0.3, 0.4) is 0 Å². The minimum absolute atomic E-state index is 0.0417. The van der Waals surface area contributed by atoms with E-state index >= 15 is 0 Å². The Bertz CT molecular complexity index is 669. The zero-order valence-electron chi connectivity index (χ0n) is 12.0. The zero-order chi connectivity index (χ0) is 14.5. The largest absolute Gasteiger partial charge is 0.293 e. The molecule has 0 aliphatic heterocycles. The molecule has 2 aliphatic rings. The van der Waals surface area contributed by atoms with E-state index in [1.165, 1.54) is 0 Å². The Morgan fingerprint density at radius 2 is 2.15 bits per heavy atom. The normalized spacial score (nSPS) is 30.8. The Kier molecular flexibility index (Phi) is 2.59. The summed E-state index contributed by atoms with van der Waals surface area (Å²) in [6.07, 6.45) is 7.05. The second kappa shape index (κ2) is 3.99. The fourth-order valence-corrected chi connectivity index (χ4v) is 4.02. The highest BCUT2D eigenvalue weighted by molar-refractivity contribution is 6.04. The summed E-state index contributed by atoms with van der Waals surface area (Å²) in [6.45, 7) is 6.00. The number of fused-ring (bicyclic) bond motifs is 3. The van der Waals surface area contributed by atoms with Crippen molar-refractivity contribution in [2.75, 3.05) is 0 Å². The van der Waals surface area contributed by atoms with E-state index in [-0.39, 0.29) is 22.7 Å². The van der Waals surface area contributed by atoms with Gasteiger partial charge in [-0.2, -0.15) is 5.26 Å². The second-order valence-electron chi connectivity index (χ2n) is 6.49. The average Bonchev–Trinajstić information content (AvgIpc) is 2.43. The molecule has 0 fully saturated rings. The third-order valence-corrected chi connectivity index (χ3v) is 4.99. The van der Waals surface area contributed by atoms with E-state index in [0.717, 1.165) is 24.1 Å². The van der Waals surface area contributed by atoms with Gasteiger partial charge in [0.05, 0.1) is 11.3 Å². The third-order valence-electron chi connectivity index (χ3n) is 4.99. The molecule has 0 saturated heterocycles. The number of ketones is 1. The summed E-state index contributed by atoms with van der Waals surface area (Å²) in [5.41, 5.74) is 1.47. The molecule has 4 heteroatoms. The molecule has 20 heavy (non-hydrogen) atoms. The molecule has 1 heterocycles. The standard InChI is InChI=1S/C16H17N3O/c1-15(2)12-5-4-10-8-18-9-19-13(10)16(12,3)6-11(7-17)14(15)20/h6,8-9,12H,4-5H2,1-3H3. The Hall–Kier alpha value is -2.02. The zero-order valence-corrected chi connectivity index (χ0v) is 12.0. The lowest BCUT2D eigenvalue weighted by molar-refractivity contribution is -0.128. The molecule has 2 atom stereocenters. The van der Waals surface area contributed by atoms with Gasteiger partial charge >= 0.3 is 0 Å². The Labute approximate surface area is 118 Å². The van der Waals surface area contributed by atoms with E-state index in [1.54, 1.807) is 6.33 Å². The van der Waals surface area contributed by atoms with Crippen molar-refractivity contribution in [3.63, 3.8) is 0 Å². The second-order valence-corrected chi connectivity index (χ2v) is 6.49. The first-order valence-corrected chi connectivity index (χ1v) is 6.88. The van der Waals surface area contributed by atoms with E-state index in [0.29, 0.717) is 0 Å². The number of aromatic nitrogens is 2. The van der Waals surface area contributed by atoms with Crippen molar-refractivity contribution in [1.29, 1.82) is 5.26 Å². The van der Waals surface area contributed by atoms with Crippen molar-refractivity contribution in [1.82, 2.24) is 9.97 Å². The van der Waals surface area contributed by atoms with E-state index in [2.05, 4.69) is 23.0 Å². The van der Waals surface area contributed by atoms with Gasteiger partial charge in [0, 0.05) is 17.0 Å². The predicted octanol–water partition coefficient (Wildman–Crippen LogP) is 2.36. The number of nitrogens with zero attached hydrogens (tertiary/aromatic N) is 3. The highest BCUT2D eigenvalue weighted by atomic mass is 16.1. The minimum atomic E-state index is -0.531. The predicted molar refractivity (Wildman–Crippen MR) is 73.7 cm³/mol. The summed E-state index contributed by atoms with van der Waals surface area (Å²) < 4.78 is 0. The molecule has 3 rings (SSSR count). The summed E-state index contributed by atoms with van der Waals surface area (Å²) in [4.78, 5) is 21.0. The smallest absolute Gasteiger partial charge is 0.178 e. The monoisotopic (exact) mass is 267 g/mol. The molecule has 0 aromatic carbocycles. The van der Waals surface area contributed by atoms with Gasteiger partial charge in [0.25, 0.3) is 0 Å². The summed E-state index contributed by atoms with van der Waals surface area (Å²) in [6, 6.07) is 2.07. The highest BCUT2D eigenvalue weighted by Gasteiger charge is 2.54. The van der Waals surface area contributed by atoms with Crippen LogP contribution in [0.1, 0.15) is 38.4 Å². The Morgan fingerprint density at radius 1 is 1.40 bits per heavy atom. The van der Waals surface area contributed by atoms with Crippen LogP contribution in [0.15, 0.2) is 24.2 Å². The van der Waals surface area contributed by atoms with Crippen LogP contribution >= 0.6 is 0 Å². The van der Waals surface area contributed by atoms with Crippen molar-refractivity contribution in [2.24, 2.45) is 11.3 Å². The highest BCUT2D eigenvalue weighted by Crippen LogP contribution is 2.53. The lowest BCUT2D eigenvalue weighted by atomic mass is 9.52. The summed E-state index contributed by atoms with van der Waals surface area (Å²) in [7, 11) is 0. The summed E-state index contributed by atoms with van der Waals surface area (Å²) in [5, 5.41) is 9.27. The number of aryl methyl sites for hydroxylation is 1. The van der Waals surface area contributed by atoms with E-state index < -0.39 is 5.41 Å². The quantitative estimate of drug-likeness (QED) is 0.723. The molecular formula is C16H17N3O. The van der Waals surface area contributed by atoms with Crippen molar-refractivity contribution < 1.29 is 4.79 Å².